The highest BCUT2D eigenvalue weighted by atomic mass is 16.6. The maximum Gasteiger partial charge on any atom is 0.306 e. The van der Waals surface area contributed by atoms with Crippen LogP contribution in [0.3, 0.4) is 0 Å². The number of hydrogen-bond donors (Lipinski definition) is 0. The lowest BCUT2D eigenvalue weighted by Gasteiger charge is -2.18. The molecule has 0 saturated carbocycles. The molecule has 362 valence electrons. The molecule has 6 nitrogen and oxygen atoms in total. The number of esters is 3. The van der Waals surface area contributed by atoms with Crippen LogP contribution < -0.4 is 0 Å². The van der Waals surface area contributed by atoms with Gasteiger partial charge in [0.1, 0.15) is 13.2 Å². The van der Waals surface area contributed by atoms with Gasteiger partial charge >= 0.3 is 17.9 Å². The van der Waals surface area contributed by atoms with E-state index in [1.54, 1.807) is 0 Å². The summed E-state index contributed by atoms with van der Waals surface area (Å²) >= 11 is 0. The van der Waals surface area contributed by atoms with Crippen LogP contribution in [0, 0.1) is 0 Å². The smallest absolute Gasteiger partial charge is 0.306 e. The maximum absolute atomic E-state index is 12.8. The fourth-order valence-corrected chi connectivity index (χ4v) is 7.76. The summed E-state index contributed by atoms with van der Waals surface area (Å²) in [5.41, 5.74) is 0. The minimum absolute atomic E-state index is 0.0738. The summed E-state index contributed by atoms with van der Waals surface area (Å²) < 4.78 is 16.7. The molecular weight excluding hydrogens is 769 g/mol. The average molecular weight is 871 g/mol. The minimum atomic E-state index is -0.771. The van der Waals surface area contributed by atoms with Gasteiger partial charge in [-0.05, 0) is 77.0 Å². The van der Waals surface area contributed by atoms with Crippen LogP contribution in [0.1, 0.15) is 284 Å². The van der Waals surface area contributed by atoms with Gasteiger partial charge in [0, 0.05) is 19.3 Å². The topological polar surface area (TPSA) is 78.9 Å². The molecule has 0 rings (SSSR count). The van der Waals surface area contributed by atoms with E-state index in [1.807, 2.05) is 0 Å². The van der Waals surface area contributed by atoms with Crippen molar-refractivity contribution in [3.63, 3.8) is 0 Å². The van der Waals surface area contributed by atoms with E-state index in [0.717, 1.165) is 64.2 Å². The molecule has 0 spiro atoms. The third-order valence-electron chi connectivity index (χ3n) is 11.9. The van der Waals surface area contributed by atoms with Crippen molar-refractivity contribution in [2.45, 2.75) is 290 Å². The number of carbonyl (C=O) groups excluding carboxylic acids is 3. The summed E-state index contributed by atoms with van der Waals surface area (Å²) in [5.74, 6) is -0.882. The van der Waals surface area contributed by atoms with E-state index < -0.39 is 6.10 Å². The van der Waals surface area contributed by atoms with Crippen LogP contribution in [0.5, 0.6) is 0 Å². The second-order valence-corrected chi connectivity index (χ2v) is 18.1. The van der Waals surface area contributed by atoms with Gasteiger partial charge in [0.2, 0.25) is 0 Å². The summed E-state index contributed by atoms with van der Waals surface area (Å²) in [5, 5.41) is 0. The van der Waals surface area contributed by atoms with Crippen LogP contribution in [-0.2, 0) is 28.6 Å². The molecule has 0 amide bonds. The zero-order valence-electron chi connectivity index (χ0n) is 41.4. The molecule has 6 heteroatoms. The van der Waals surface area contributed by atoms with Crippen LogP contribution >= 0.6 is 0 Å². The SMILES string of the molecule is CCCCCCC/C=C\C/C=C\CCCCCCCCCCCC(=O)OCC(COC(=O)CCCCCCCC)OC(=O)CCCCCCCCC/C=C\CCCCCCCC. The highest BCUT2D eigenvalue weighted by Crippen LogP contribution is 2.15. The van der Waals surface area contributed by atoms with Gasteiger partial charge in [0.15, 0.2) is 6.10 Å². The highest BCUT2D eigenvalue weighted by Gasteiger charge is 2.19. The van der Waals surface area contributed by atoms with E-state index in [4.69, 9.17) is 14.2 Å². The molecule has 0 aromatic rings. The Balaban J connectivity index is 4.17. The van der Waals surface area contributed by atoms with Gasteiger partial charge in [-0.15, -0.1) is 0 Å². The Bertz CT molecular complexity index is 1050. The zero-order valence-corrected chi connectivity index (χ0v) is 41.4. The molecule has 0 aliphatic heterocycles. The molecule has 0 aromatic heterocycles. The van der Waals surface area contributed by atoms with Crippen molar-refractivity contribution in [1.82, 2.24) is 0 Å². The van der Waals surface area contributed by atoms with Crippen molar-refractivity contribution in [3.05, 3.63) is 36.5 Å². The molecule has 0 heterocycles. The Morgan fingerprint density at radius 1 is 0.323 bits per heavy atom. The standard InChI is InChI=1S/C56H102O6/c1-4-7-10-13-16-18-20-22-24-26-27-28-29-31-32-34-36-38-40-43-46-49-55(58)61-52-53(51-60-54(57)48-45-42-15-12-9-6-3)62-56(59)50-47-44-41-39-37-35-33-30-25-23-21-19-17-14-11-8-5-2/h20,22-23,25-27,53H,4-19,21,24,28-52H2,1-3H3/b22-20-,25-23-,27-26-. The van der Waals surface area contributed by atoms with E-state index >= 15 is 0 Å². The van der Waals surface area contributed by atoms with Gasteiger partial charge in [-0.1, -0.05) is 224 Å². The number of allylic oxidation sites excluding steroid dienone is 6. The predicted molar refractivity (Wildman–Crippen MR) is 266 cm³/mol. The first kappa shape index (κ1) is 59.6. The number of rotatable bonds is 49. The summed E-state index contributed by atoms with van der Waals surface area (Å²) in [6.07, 6.45) is 60.1. The van der Waals surface area contributed by atoms with E-state index in [1.165, 1.54) is 180 Å². The van der Waals surface area contributed by atoms with Crippen molar-refractivity contribution in [2.24, 2.45) is 0 Å². The molecule has 0 bridgehead atoms. The van der Waals surface area contributed by atoms with Gasteiger partial charge in [-0.3, -0.25) is 14.4 Å². The summed E-state index contributed by atoms with van der Waals surface area (Å²) in [7, 11) is 0. The largest absolute Gasteiger partial charge is 0.462 e. The predicted octanol–water partition coefficient (Wildman–Crippen LogP) is 17.7. The Hall–Kier alpha value is -2.37. The number of carbonyl (C=O) groups is 3. The Labute approximate surface area is 385 Å². The summed E-state index contributed by atoms with van der Waals surface area (Å²) in [4.78, 5) is 37.8. The van der Waals surface area contributed by atoms with E-state index in [2.05, 4.69) is 57.2 Å². The van der Waals surface area contributed by atoms with Gasteiger partial charge in [-0.25, -0.2) is 0 Å². The van der Waals surface area contributed by atoms with Crippen molar-refractivity contribution in [3.8, 4) is 0 Å². The average Bonchev–Trinajstić information content (AvgIpc) is 3.27. The third kappa shape index (κ3) is 48.7. The lowest BCUT2D eigenvalue weighted by atomic mass is 10.1. The van der Waals surface area contributed by atoms with E-state index in [-0.39, 0.29) is 31.1 Å². The maximum atomic E-state index is 12.8. The molecule has 0 aliphatic rings. The number of ether oxygens (including phenoxy) is 3. The zero-order chi connectivity index (χ0) is 45.1. The fourth-order valence-electron chi connectivity index (χ4n) is 7.76. The molecule has 0 radical (unpaired) electrons. The van der Waals surface area contributed by atoms with Gasteiger partial charge in [0.05, 0.1) is 0 Å². The third-order valence-corrected chi connectivity index (χ3v) is 11.9. The summed E-state index contributed by atoms with van der Waals surface area (Å²) in [6, 6.07) is 0. The van der Waals surface area contributed by atoms with Crippen molar-refractivity contribution in [2.75, 3.05) is 13.2 Å². The van der Waals surface area contributed by atoms with Crippen molar-refractivity contribution >= 4 is 17.9 Å². The van der Waals surface area contributed by atoms with Gasteiger partial charge in [0.25, 0.3) is 0 Å². The van der Waals surface area contributed by atoms with Crippen LogP contribution in [-0.4, -0.2) is 37.2 Å². The highest BCUT2D eigenvalue weighted by molar-refractivity contribution is 5.71. The first-order valence-corrected chi connectivity index (χ1v) is 27.0. The van der Waals surface area contributed by atoms with Crippen LogP contribution in [0.4, 0.5) is 0 Å². The monoisotopic (exact) mass is 871 g/mol. The molecule has 62 heavy (non-hydrogen) atoms. The normalized spacial score (nSPS) is 12.2. The molecule has 1 unspecified atom stereocenters. The second-order valence-electron chi connectivity index (χ2n) is 18.1. The second kappa shape index (κ2) is 51.3. The lowest BCUT2D eigenvalue weighted by molar-refractivity contribution is -0.167. The quantitative estimate of drug-likeness (QED) is 0.0262. The number of hydrogen-bond acceptors (Lipinski definition) is 6. The molecule has 0 aliphatic carbocycles. The Morgan fingerprint density at radius 2 is 0.581 bits per heavy atom. The molecule has 0 N–H and O–H groups in total. The van der Waals surface area contributed by atoms with Crippen molar-refractivity contribution < 1.29 is 28.6 Å². The number of unbranched alkanes of at least 4 members (excludes halogenated alkanes) is 32. The molecule has 0 aromatic carbocycles. The molecule has 0 saturated heterocycles. The first-order valence-electron chi connectivity index (χ1n) is 27.0. The first-order chi connectivity index (χ1) is 30.5. The van der Waals surface area contributed by atoms with Crippen LogP contribution in [0.2, 0.25) is 0 Å². The Kier molecular flexibility index (Phi) is 49.3. The fraction of sp³-hybridized carbons (Fsp3) is 0.839. The molecule has 1 atom stereocenters. The lowest BCUT2D eigenvalue weighted by Crippen LogP contribution is -2.30. The molecular formula is C56H102O6. The van der Waals surface area contributed by atoms with E-state index in [9.17, 15) is 14.4 Å². The van der Waals surface area contributed by atoms with Gasteiger partial charge < -0.3 is 14.2 Å². The van der Waals surface area contributed by atoms with Gasteiger partial charge in [-0.2, -0.15) is 0 Å². The van der Waals surface area contributed by atoms with E-state index in [0.29, 0.717) is 19.3 Å². The minimum Gasteiger partial charge on any atom is -0.462 e. The van der Waals surface area contributed by atoms with Crippen molar-refractivity contribution in [1.29, 1.82) is 0 Å². The van der Waals surface area contributed by atoms with Crippen LogP contribution in [0.25, 0.3) is 0 Å². The molecule has 0 fully saturated rings. The summed E-state index contributed by atoms with van der Waals surface area (Å²) in [6.45, 7) is 6.58. The Morgan fingerprint density at radius 3 is 0.903 bits per heavy atom. The van der Waals surface area contributed by atoms with Crippen LogP contribution in [0.15, 0.2) is 36.5 Å².